The monoisotopic (exact) mass is 397 g/mol. The molecule has 0 saturated carbocycles. The normalized spacial score (nSPS) is 10.8. The van der Waals surface area contributed by atoms with Crippen LogP contribution in [-0.4, -0.2) is 6.04 Å². The Morgan fingerprint density at radius 2 is 1.53 bits per heavy atom. The summed E-state index contributed by atoms with van der Waals surface area (Å²) >= 11 is 10.6. The average molecular weight is 400 g/mol. The summed E-state index contributed by atoms with van der Waals surface area (Å²) in [7, 11) is 0. The molecule has 0 aromatic heterocycles. The molecule has 0 heterocycles. The molecule has 0 radical (unpaired) electrons. The standard InChI is InChI=1S/C11H14Br3N/c1-3-8(4-2)15-11-9(13)5-7(12)6-10(11)14/h5-6,8,15H,3-4H2,1-2H3. The molecule has 0 spiro atoms. The molecule has 0 aliphatic rings. The SMILES string of the molecule is CCC(CC)Nc1c(Br)cc(Br)cc1Br. The lowest BCUT2D eigenvalue weighted by Gasteiger charge is -2.19. The Morgan fingerprint density at radius 1 is 1.07 bits per heavy atom. The van der Waals surface area contributed by atoms with Gasteiger partial charge >= 0.3 is 0 Å². The van der Waals surface area contributed by atoms with Gasteiger partial charge < -0.3 is 5.32 Å². The maximum atomic E-state index is 3.56. The van der Waals surface area contributed by atoms with Gasteiger partial charge in [-0.15, -0.1) is 0 Å². The van der Waals surface area contributed by atoms with Crippen molar-refractivity contribution in [2.75, 3.05) is 5.32 Å². The van der Waals surface area contributed by atoms with Crippen LogP contribution in [0.15, 0.2) is 25.6 Å². The van der Waals surface area contributed by atoms with Gasteiger partial charge in [0, 0.05) is 19.5 Å². The zero-order valence-electron chi connectivity index (χ0n) is 8.78. The lowest BCUT2D eigenvalue weighted by atomic mass is 10.1. The van der Waals surface area contributed by atoms with E-state index in [9.17, 15) is 0 Å². The highest BCUT2D eigenvalue weighted by Gasteiger charge is 2.10. The van der Waals surface area contributed by atoms with Gasteiger partial charge in [-0.3, -0.25) is 0 Å². The third-order valence-corrected chi connectivity index (χ3v) is 4.05. The van der Waals surface area contributed by atoms with Crippen LogP contribution in [0.5, 0.6) is 0 Å². The molecule has 0 bridgehead atoms. The zero-order valence-corrected chi connectivity index (χ0v) is 13.5. The van der Waals surface area contributed by atoms with Gasteiger partial charge in [0.05, 0.1) is 5.69 Å². The van der Waals surface area contributed by atoms with Crippen molar-refractivity contribution in [3.63, 3.8) is 0 Å². The van der Waals surface area contributed by atoms with Crippen LogP contribution >= 0.6 is 47.8 Å². The van der Waals surface area contributed by atoms with Gasteiger partial charge in [0.2, 0.25) is 0 Å². The van der Waals surface area contributed by atoms with Crippen molar-refractivity contribution in [1.29, 1.82) is 0 Å². The number of benzene rings is 1. The largest absolute Gasteiger partial charge is 0.381 e. The fourth-order valence-corrected chi connectivity index (χ4v) is 3.86. The van der Waals surface area contributed by atoms with Crippen LogP contribution in [0, 0.1) is 0 Å². The number of hydrogen-bond donors (Lipinski definition) is 1. The van der Waals surface area contributed by atoms with Crippen molar-refractivity contribution >= 4 is 53.5 Å². The van der Waals surface area contributed by atoms with E-state index in [4.69, 9.17) is 0 Å². The molecule has 1 aromatic carbocycles. The van der Waals surface area contributed by atoms with Gasteiger partial charge in [0.25, 0.3) is 0 Å². The molecule has 0 fully saturated rings. The second-order valence-corrected chi connectivity index (χ2v) is 6.03. The molecular weight excluding hydrogens is 386 g/mol. The van der Waals surface area contributed by atoms with Crippen LogP contribution < -0.4 is 5.32 Å². The molecule has 0 aliphatic heterocycles. The average Bonchev–Trinajstić information content (AvgIpc) is 2.17. The molecule has 1 nitrogen and oxygen atoms in total. The zero-order chi connectivity index (χ0) is 11.4. The smallest absolute Gasteiger partial charge is 0.0631 e. The van der Waals surface area contributed by atoms with Crippen molar-refractivity contribution in [1.82, 2.24) is 0 Å². The first kappa shape index (κ1) is 13.5. The number of anilines is 1. The van der Waals surface area contributed by atoms with Crippen LogP contribution in [-0.2, 0) is 0 Å². The Bertz CT molecular complexity index is 312. The first-order valence-corrected chi connectivity index (χ1v) is 7.37. The van der Waals surface area contributed by atoms with E-state index in [-0.39, 0.29) is 0 Å². The van der Waals surface area contributed by atoms with E-state index in [0.717, 1.165) is 31.9 Å². The van der Waals surface area contributed by atoms with Crippen molar-refractivity contribution in [3.8, 4) is 0 Å². The molecule has 1 rings (SSSR count). The third kappa shape index (κ3) is 3.75. The highest BCUT2D eigenvalue weighted by molar-refractivity contribution is 9.11. The fraction of sp³-hybridized carbons (Fsp3) is 0.455. The summed E-state index contributed by atoms with van der Waals surface area (Å²) in [6, 6.07) is 4.63. The first-order valence-electron chi connectivity index (χ1n) is 4.99. The molecule has 4 heteroatoms. The van der Waals surface area contributed by atoms with Crippen LogP contribution in [0.3, 0.4) is 0 Å². The molecule has 0 saturated heterocycles. The summed E-state index contributed by atoms with van der Waals surface area (Å²) in [4.78, 5) is 0. The van der Waals surface area contributed by atoms with Gasteiger partial charge in [0.1, 0.15) is 0 Å². The molecule has 0 amide bonds. The molecule has 0 atom stereocenters. The Labute approximate surface area is 116 Å². The third-order valence-electron chi connectivity index (χ3n) is 2.34. The topological polar surface area (TPSA) is 12.0 Å². The molecule has 15 heavy (non-hydrogen) atoms. The Kier molecular flexibility index (Phi) is 5.64. The van der Waals surface area contributed by atoms with E-state index < -0.39 is 0 Å². The number of rotatable bonds is 4. The molecule has 1 N–H and O–H groups in total. The number of nitrogens with one attached hydrogen (secondary N) is 1. The second-order valence-electron chi connectivity index (χ2n) is 3.40. The van der Waals surface area contributed by atoms with Gasteiger partial charge in [-0.05, 0) is 56.8 Å². The predicted molar refractivity (Wildman–Crippen MR) is 77.5 cm³/mol. The quantitative estimate of drug-likeness (QED) is 0.697. The summed E-state index contributed by atoms with van der Waals surface area (Å²) in [6.45, 7) is 4.39. The Balaban J connectivity index is 2.94. The van der Waals surface area contributed by atoms with Crippen LogP contribution in [0.25, 0.3) is 0 Å². The minimum absolute atomic E-state index is 0.527. The maximum absolute atomic E-state index is 3.56. The number of halogens is 3. The molecule has 1 aromatic rings. The molecule has 0 unspecified atom stereocenters. The van der Waals surface area contributed by atoms with Crippen LogP contribution in [0.2, 0.25) is 0 Å². The van der Waals surface area contributed by atoms with Gasteiger partial charge in [-0.2, -0.15) is 0 Å². The van der Waals surface area contributed by atoms with E-state index in [1.807, 2.05) is 0 Å². The number of hydrogen-bond acceptors (Lipinski definition) is 1. The molecule has 84 valence electrons. The summed E-state index contributed by atoms with van der Waals surface area (Å²) in [5.74, 6) is 0. The van der Waals surface area contributed by atoms with Crippen LogP contribution in [0.4, 0.5) is 5.69 Å². The summed E-state index contributed by atoms with van der Waals surface area (Å²) < 4.78 is 3.22. The van der Waals surface area contributed by atoms with Gasteiger partial charge in [-0.25, -0.2) is 0 Å². The minimum atomic E-state index is 0.527. The second kappa shape index (κ2) is 6.26. The Morgan fingerprint density at radius 3 is 1.93 bits per heavy atom. The van der Waals surface area contributed by atoms with E-state index in [0.29, 0.717) is 6.04 Å². The van der Waals surface area contributed by atoms with Crippen LogP contribution in [0.1, 0.15) is 26.7 Å². The predicted octanol–water partition coefficient (Wildman–Crippen LogP) is 5.57. The lowest BCUT2D eigenvalue weighted by Crippen LogP contribution is -2.17. The summed E-state index contributed by atoms with van der Waals surface area (Å²) in [5, 5.41) is 3.53. The summed E-state index contributed by atoms with van der Waals surface area (Å²) in [5.41, 5.74) is 1.13. The van der Waals surface area contributed by atoms with Gasteiger partial charge in [0.15, 0.2) is 0 Å². The molecule has 0 aliphatic carbocycles. The highest BCUT2D eigenvalue weighted by atomic mass is 79.9. The Hall–Kier alpha value is 0.460. The van der Waals surface area contributed by atoms with E-state index in [1.165, 1.54) is 0 Å². The minimum Gasteiger partial charge on any atom is -0.381 e. The highest BCUT2D eigenvalue weighted by Crippen LogP contribution is 2.35. The van der Waals surface area contributed by atoms with E-state index >= 15 is 0 Å². The first-order chi connectivity index (χ1) is 7.08. The maximum Gasteiger partial charge on any atom is 0.0631 e. The summed E-state index contributed by atoms with van der Waals surface area (Å²) in [6.07, 6.45) is 2.26. The van der Waals surface area contributed by atoms with E-state index in [2.05, 4.69) is 79.1 Å². The van der Waals surface area contributed by atoms with Crippen molar-refractivity contribution in [3.05, 3.63) is 25.6 Å². The van der Waals surface area contributed by atoms with E-state index in [1.54, 1.807) is 0 Å². The molecular formula is C11H14Br3N. The lowest BCUT2D eigenvalue weighted by molar-refractivity contribution is 0.671. The van der Waals surface area contributed by atoms with Crippen molar-refractivity contribution in [2.24, 2.45) is 0 Å². The van der Waals surface area contributed by atoms with Crippen molar-refractivity contribution in [2.45, 2.75) is 32.7 Å². The van der Waals surface area contributed by atoms with Crippen molar-refractivity contribution < 1.29 is 0 Å². The fourth-order valence-electron chi connectivity index (χ4n) is 1.38. The van der Waals surface area contributed by atoms with Gasteiger partial charge in [-0.1, -0.05) is 29.8 Å².